The van der Waals surface area contributed by atoms with Crippen LogP contribution in [0.2, 0.25) is 0 Å². The fraction of sp³-hybridized carbons (Fsp3) is 0.500. The highest BCUT2D eigenvalue weighted by Crippen LogP contribution is 2.24. The Morgan fingerprint density at radius 1 is 1.21 bits per heavy atom. The van der Waals surface area contributed by atoms with Crippen LogP contribution in [-0.2, 0) is 16.6 Å². The van der Waals surface area contributed by atoms with Crippen molar-refractivity contribution in [1.82, 2.24) is 4.98 Å². The number of oxazole rings is 1. The van der Waals surface area contributed by atoms with Crippen molar-refractivity contribution in [1.29, 1.82) is 0 Å². The summed E-state index contributed by atoms with van der Waals surface area (Å²) < 4.78 is 5.83. The maximum Gasteiger partial charge on any atom is 0.224 e. The molecule has 0 aliphatic heterocycles. The predicted molar refractivity (Wildman–Crippen MR) is 97.4 cm³/mol. The summed E-state index contributed by atoms with van der Waals surface area (Å²) in [6.45, 7) is 12.4. The minimum atomic E-state index is -0.122. The summed E-state index contributed by atoms with van der Waals surface area (Å²) in [5.41, 5.74) is 2.84. The quantitative estimate of drug-likeness (QED) is 0.842. The molecule has 0 saturated heterocycles. The maximum atomic E-state index is 12.1. The SMILES string of the molecule is Cc1nc(C(C)(C)C)oc1CCC(=O)Nc1ccc(C(C)C)cc1. The Morgan fingerprint density at radius 3 is 2.33 bits per heavy atom. The third-order valence-corrected chi connectivity index (χ3v) is 3.97. The van der Waals surface area contributed by atoms with E-state index < -0.39 is 0 Å². The number of nitrogens with zero attached hydrogens (tertiary/aromatic N) is 1. The number of anilines is 1. The largest absolute Gasteiger partial charge is 0.445 e. The van der Waals surface area contributed by atoms with Crippen molar-refractivity contribution in [2.75, 3.05) is 5.32 Å². The van der Waals surface area contributed by atoms with Crippen molar-refractivity contribution in [3.8, 4) is 0 Å². The Bertz CT molecular complexity index is 691. The molecule has 4 nitrogen and oxygen atoms in total. The molecular weight excluding hydrogens is 300 g/mol. The molecule has 1 N–H and O–H groups in total. The molecule has 1 heterocycles. The van der Waals surface area contributed by atoms with E-state index in [9.17, 15) is 4.79 Å². The van der Waals surface area contributed by atoms with E-state index in [1.54, 1.807) is 0 Å². The highest BCUT2D eigenvalue weighted by atomic mass is 16.4. The van der Waals surface area contributed by atoms with Crippen molar-refractivity contribution >= 4 is 11.6 Å². The van der Waals surface area contributed by atoms with Crippen LogP contribution in [0.15, 0.2) is 28.7 Å². The Morgan fingerprint density at radius 2 is 1.83 bits per heavy atom. The zero-order chi connectivity index (χ0) is 17.9. The fourth-order valence-corrected chi connectivity index (χ4v) is 2.38. The lowest BCUT2D eigenvalue weighted by molar-refractivity contribution is -0.116. The Kier molecular flexibility index (Phi) is 5.47. The molecule has 0 radical (unpaired) electrons. The van der Waals surface area contributed by atoms with Crippen molar-refractivity contribution < 1.29 is 9.21 Å². The average Bonchev–Trinajstić information content (AvgIpc) is 2.87. The number of carbonyl (C=O) groups is 1. The van der Waals surface area contributed by atoms with Gasteiger partial charge >= 0.3 is 0 Å². The Labute approximate surface area is 144 Å². The average molecular weight is 328 g/mol. The molecular formula is C20H28N2O2. The summed E-state index contributed by atoms with van der Waals surface area (Å²) in [6.07, 6.45) is 0.941. The second-order valence-electron chi connectivity index (χ2n) is 7.60. The van der Waals surface area contributed by atoms with E-state index in [0.29, 0.717) is 18.8 Å². The number of hydrogen-bond donors (Lipinski definition) is 1. The molecule has 0 aliphatic rings. The van der Waals surface area contributed by atoms with Gasteiger partial charge < -0.3 is 9.73 Å². The van der Waals surface area contributed by atoms with Crippen LogP contribution < -0.4 is 5.32 Å². The summed E-state index contributed by atoms with van der Waals surface area (Å²) in [5.74, 6) is 1.99. The number of aromatic nitrogens is 1. The van der Waals surface area contributed by atoms with Gasteiger partial charge in [0.2, 0.25) is 5.91 Å². The van der Waals surface area contributed by atoms with Crippen LogP contribution in [0, 0.1) is 6.92 Å². The molecule has 2 aromatic rings. The van der Waals surface area contributed by atoms with Gasteiger partial charge in [-0.15, -0.1) is 0 Å². The van der Waals surface area contributed by atoms with Gasteiger partial charge in [-0.05, 0) is 30.5 Å². The van der Waals surface area contributed by atoms with E-state index >= 15 is 0 Å². The van der Waals surface area contributed by atoms with Crippen molar-refractivity contribution in [3.63, 3.8) is 0 Å². The van der Waals surface area contributed by atoms with Crippen molar-refractivity contribution in [2.24, 2.45) is 0 Å². The van der Waals surface area contributed by atoms with Gasteiger partial charge in [0.05, 0.1) is 5.69 Å². The van der Waals surface area contributed by atoms with Gasteiger partial charge in [0, 0.05) is 23.9 Å². The van der Waals surface area contributed by atoms with E-state index in [2.05, 4.69) is 57.1 Å². The molecule has 0 spiro atoms. The lowest BCUT2D eigenvalue weighted by Gasteiger charge is -2.12. The third kappa shape index (κ3) is 4.70. The van der Waals surface area contributed by atoms with Gasteiger partial charge in [-0.3, -0.25) is 4.79 Å². The van der Waals surface area contributed by atoms with Crippen LogP contribution in [0.5, 0.6) is 0 Å². The van der Waals surface area contributed by atoms with Gasteiger partial charge in [0.1, 0.15) is 5.76 Å². The van der Waals surface area contributed by atoms with Crippen molar-refractivity contribution in [2.45, 2.75) is 65.7 Å². The molecule has 24 heavy (non-hydrogen) atoms. The molecule has 2 rings (SSSR count). The van der Waals surface area contributed by atoms with Crippen LogP contribution in [0.1, 0.15) is 69.9 Å². The van der Waals surface area contributed by atoms with E-state index in [1.807, 2.05) is 19.1 Å². The number of benzene rings is 1. The monoisotopic (exact) mass is 328 g/mol. The molecule has 130 valence electrons. The van der Waals surface area contributed by atoms with Gasteiger partial charge in [-0.1, -0.05) is 46.8 Å². The standard InChI is InChI=1S/C20H28N2O2/c1-13(2)15-7-9-16(10-8-15)22-18(23)12-11-17-14(3)21-19(24-17)20(4,5)6/h7-10,13H,11-12H2,1-6H3,(H,22,23). The minimum Gasteiger partial charge on any atom is -0.445 e. The highest BCUT2D eigenvalue weighted by Gasteiger charge is 2.22. The highest BCUT2D eigenvalue weighted by molar-refractivity contribution is 5.90. The zero-order valence-corrected chi connectivity index (χ0v) is 15.6. The topological polar surface area (TPSA) is 55.1 Å². The van der Waals surface area contributed by atoms with Crippen LogP contribution in [0.4, 0.5) is 5.69 Å². The molecule has 4 heteroatoms. The second-order valence-corrected chi connectivity index (χ2v) is 7.60. The first-order chi connectivity index (χ1) is 11.2. The number of amides is 1. The van der Waals surface area contributed by atoms with Gasteiger partial charge in [0.15, 0.2) is 5.89 Å². The first-order valence-corrected chi connectivity index (χ1v) is 8.53. The molecule has 1 amide bonds. The zero-order valence-electron chi connectivity index (χ0n) is 15.6. The Hall–Kier alpha value is -2.10. The predicted octanol–water partition coefficient (Wildman–Crippen LogP) is 4.98. The van der Waals surface area contributed by atoms with Crippen LogP contribution in [-0.4, -0.2) is 10.9 Å². The smallest absolute Gasteiger partial charge is 0.224 e. The number of aryl methyl sites for hydroxylation is 2. The van der Waals surface area contributed by atoms with Gasteiger partial charge in [-0.2, -0.15) is 0 Å². The lowest BCUT2D eigenvalue weighted by atomic mass is 9.97. The summed E-state index contributed by atoms with van der Waals surface area (Å²) in [4.78, 5) is 16.6. The van der Waals surface area contributed by atoms with E-state index in [1.165, 1.54) is 5.56 Å². The maximum absolute atomic E-state index is 12.1. The summed E-state index contributed by atoms with van der Waals surface area (Å²) in [6, 6.07) is 8.00. The van der Waals surface area contributed by atoms with Gasteiger partial charge in [-0.25, -0.2) is 4.98 Å². The van der Waals surface area contributed by atoms with Crippen LogP contribution in [0.25, 0.3) is 0 Å². The minimum absolute atomic E-state index is 0.0135. The molecule has 0 aliphatic carbocycles. The normalized spacial score (nSPS) is 11.8. The molecule has 1 aromatic heterocycles. The van der Waals surface area contributed by atoms with E-state index in [-0.39, 0.29) is 11.3 Å². The van der Waals surface area contributed by atoms with E-state index in [0.717, 1.165) is 23.0 Å². The summed E-state index contributed by atoms with van der Waals surface area (Å²) in [7, 11) is 0. The van der Waals surface area contributed by atoms with Gasteiger partial charge in [0.25, 0.3) is 0 Å². The first kappa shape index (κ1) is 18.2. The number of nitrogens with one attached hydrogen (secondary N) is 1. The van der Waals surface area contributed by atoms with Crippen molar-refractivity contribution in [3.05, 3.63) is 47.2 Å². The first-order valence-electron chi connectivity index (χ1n) is 8.53. The van der Waals surface area contributed by atoms with E-state index in [4.69, 9.17) is 4.42 Å². The molecule has 1 aromatic carbocycles. The number of hydrogen-bond acceptors (Lipinski definition) is 3. The molecule has 0 bridgehead atoms. The molecule has 0 unspecified atom stereocenters. The third-order valence-electron chi connectivity index (χ3n) is 3.97. The van der Waals surface area contributed by atoms with Crippen LogP contribution >= 0.6 is 0 Å². The second kappa shape index (κ2) is 7.20. The molecule has 0 fully saturated rings. The number of carbonyl (C=O) groups excluding carboxylic acids is 1. The summed E-state index contributed by atoms with van der Waals surface area (Å²) >= 11 is 0. The molecule has 0 atom stereocenters. The lowest BCUT2D eigenvalue weighted by Crippen LogP contribution is -2.12. The Balaban J connectivity index is 1.92. The summed E-state index contributed by atoms with van der Waals surface area (Å²) in [5, 5.41) is 2.93. The van der Waals surface area contributed by atoms with Crippen LogP contribution in [0.3, 0.4) is 0 Å². The number of rotatable bonds is 5. The fourth-order valence-electron chi connectivity index (χ4n) is 2.38. The molecule has 0 saturated carbocycles.